The number of nitroso groups, excluding NO2 is 1. The van der Waals surface area contributed by atoms with Gasteiger partial charge < -0.3 is 10.2 Å². The Balaban J connectivity index is 3.04. The smallest absolute Gasteiger partial charge is 0.220 e. The third kappa shape index (κ3) is 1.60. The second-order valence-electron chi connectivity index (χ2n) is 2.66. The Morgan fingerprint density at radius 1 is 1.33 bits per heavy atom. The number of nitrogens with zero attached hydrogens (tertiary/aromatic N) is 1. The van der Waals surface area contributed by atoms with Crippen LogP contribution in [-0.4, -0.2) is 10.2 Å². The summed E-state index contributed by atoms with van der Waals surface area (Å²) < 4.78 is 0. The van der Waals surface area contributed by atoms with Gasteiger partial charge in [0.05, 0.1) is 0 Å². The first kappa shape index (κ1) is 8.67. The molecule has 0 aliphatic heterocycles. The van der Waals surface area contributed by atoms with Crippen molar-refractivity contribution in [2.75, 3.05) is 0 Å². The average Bonchev–Trinajstić information content (AvgIpc) is 2.05. The highest BCUT2D eigenvalue weighted by molar-refractivity contribution is 5.29. The lowest BCUT2D eigenvalue weighted by molar-refractivity contribution is 0.0655. The van der Waals surface area contributed by atoms with Gasteiger partial charge in [-0.2, -0.15) is 0 Å². The van der Waals surface area contributed by atoms with E-state index in [2.05, 4.69) is 5.18 Å². The second-order valence-corrected chi connectivity index (χ2v) is 2.66. The summed E-state index contributed by atoms with van der Waals surface area (Å²) in [7, 11) is 0. The number of aliphatic hydroxyl groups is 1. The predicted octanol–water partition coefficient (Wildman–Crippen LogP) is 1.32. The van der Waals surface area contributed by atoms with E-state index in [1.807, 2.05) is 0 Å². The summed E-state index contributed by atoms with van der Waals surface area (Å²) in [4.78, 5) is 10.1. The molecule has 0 heterocycles. The van der Waals surface area contributed by atoms with E-state index in [1.165, 1.54) is 31.2 Å². The van der Waals surface area contributed by atoms with Gasteiger partial charge in [-0.05, 0) is 24.2 Å². The lowest BCUT2D eigenvalue weighted by Crippen LogP contribution is -2.16. The van der Waals surface area contributed by atoms with Crippen molar-refractivity contribution in [2.45, 2.75) is 12.6 Å². The maximum Gasteiger partial charge on any atom is 0.220 e. The molecule has 0 spiro atoms. The van der Waals surface area contributed by atoms with Crippen molar-refractivity contribution in [3.8, 4) is 5.75 Å². The van der Waals surface area contributed by atoms with Gasteiger partial charge in [0.15, 0.2) is 0 Å². The molecule has 0 saturated carbocycles. The first-order valence-electron chi connectivity index (χ1n) is 3.42. The van der Waals surface area contributed by atoms with Crippen LogP contribution in [0.5, 0.6) is 5.75 Å². The van der Waals surface area contributed by atoms with Crippen LogP contribution in [-0.2, 0) is 5.72 Å². The van der Waals surface area contributed by atoms with Gasteiger partial charge >= 0.3 is 0 Å². The van der Waals surface area contributed by atoms with Crippen molar-refractivity contribution < 1.29 is 10.2 Å². The van der Waals surface area contributed by atoms with Crippen LogP contribution in [0, 0.1) is 4.91 Å². The number of phenols is 1. The molecular formula is C8H9NO3. The average molecular weight is 167 g/mol. The minimum atomic E-state index is -1.71. The maximum absolute atomic E-state index is 10.1. The largest absolute Gasteiger partial charge is 0.508 e. The van der Waals surface area contributed by atoms with E-state index >= 15 is 0 Å². The molecule has 4 nitrogen and oxygen atoms in total. The van der Waals surface area contributed by atoms with Crippen LogP contribution in [0.3, 0.4) is 0 Å². The molecule has 12 heavy (non-hydrogen) atoms. The van der Waals surface area contributed by atoms with Gasteiger partial charge in [-0.15, -0.1) is 4.91 Å². The van der Waals surface area contributed by atoms with E-state index in [0.29, 0.717) is 5.56 Å². The summed E-state index contributed by atoms with van der Waals surface area (Å²) in [6.07, 6.45) is 0. The highest BCUT2D eigenvalue weighted by atomic mass is 16.4. The number of benzene rings is 1. The van der Waals surface area contributed by atoms with Crippen LogP contribution in [0.15, 0.2) is 29.4 Å². The van der Waals surface area contributed by atoms with E-state index in [4.69, 9.17) is 5.11 Å². The Morgan fingerprint density at radius 3 is 2.25 bits per heavy atom. The minimum absolute atomic E-state index is 0.0837. The Hall–Kier alpha value is -1.42. The summed E-state index contributed by atoms with van der Waals surface area (Å²) in [6.45, 7) is 1.28. The molecule has 1 aromatic rings. The monoisotopic (exact) mass is 167 g/mol. The molecule has 0 fully saturated rings. The van der Waals surface area contributed by atoms with E-state index in [9.17, 15) is 10.0 Å². The molecule has 2 N–H and O–H groups in total. The number of aromatic hydroxyl groups is 1. The van der Waals surface area contributed by atoms with Gasteiger partial charge in [0.2, 0.25) is 5.72 Å². The third-order valence-corrected chi connectivity index (χ3v) is 1.59. The molecule has 0 radical (unpaired) electrons. The van der Waals surface area contributed by atoms with E-state index in [0.717, 1.165) is 0 Å². The zero-order valence-electron chi connectivity index (χ0n) is 6.56. The number of hydrogen-bond acceptors (Lipinski definition) is 4. The molecule has 0 amide bonds. The lowest BCUT2D eigenvalue weighted by Gasteiger charge is -2.13. The van der Waals surface area contributed by atoms with Gasteiger partial charge in [-0.25, -0.2) is 0 Å². The summed E-state index contributed by atoms with van der Waals surface area (Å²) in [6, 6.07) is 5.65. The molecular weight excluding hydrogens is 158 g/mol. The van der Waals surface area contributed by atoms with Crippen molar-refractivity contribution in [3.05, 3.63) is 34.7 Å². The standard InChI is InChI=1S/C8H9NO3/c1-8(11,9-12)6-2-4-7(10)5-3-6/h2-5,10-11H,1H3. The fourth-order valence-electron chi connectivity index (χ4n) is 0.830. The molecule has 0 aromatic heterocycles. The predicted molar refractivity (Wildman–Crippen MR) is 43.5 cm³/mol. The zero-order valence-corrected chi connectivity index (χ0v) is 6.56. The molecule has 0 bridgehead atoms. The molecule has 1 aromatic carbocycles. The molecule has 0 aliphatic rings. The molecule has 1 rings (SSSR count). The Bertz CT molecular complexity index is 279. The normalized spacial score (nSPS) is 15.2. The van der Waals surface area contributed by atoms with Crippen LogP contribution in [0.25, 0.3) is 0 Å². The first-order chi connectivity index (χ1) is 5.56. The molecule has 0 aliphatic carbocycles. The Morgan fingerprint density at radius 2 is 1.83 bits per heavy atom. The number of rotatable bonds is 2. The summed E-state index contributed by atoms with van der Waals surface area (Å²) in [5.74, 6) is 0.0837. The van der Waals surface area contributed by atoms with Crippen LogP contribution in [0.1, 0.15) is 12.5 Å². The SMILES string of the molecule is CC(O)(N=O)c1ccc(O)cc1. The van der Waals surface area contributed by atoms with Gasteiger partial charge in [0.1, 0.15) is 5.75 Å². The highest BCUT2D eigenvalue weighted by Gasteiger charge is 2.23. The fraction of sp³-hybridized carbons (Fsp3) is 0.250. The van der Waals surface area contributed by atoms with Crippen LogP contribution in [0.2, 0.25) is 0 Å². The second kappa shape index (κ2) is 2.91. The molecule has 1 atom stereocenters. The number of phenolic OH excluding ortho intramolecular Hbond substituents is 1. The van der Waals surface area contributed by atoms with Gasteiger partial charge in [-0.1, -0.05) is 12.1 Å². The Labute approximate surface area is 69.4 Å². The van der Waals surface area contributed by atoms with Crippen molar-refractivity contribution in [1.29, 1.82) is 0 Å². The molecule has 4 heteroatoms. The van der Waals surface area contributed by atoms with Crippen molar-refractivity contribution in [3.63, 3.8) is 0 Å². The molecule has 0 saturated heterocycles. The summed E-state index contributed by atoms with van der Waals surface area (Å²) in [5.41, 5.74) is -1.36. The molecule has 64 valence electrons. The molecule has 1 unspecified atom stereocenters. The van der Waals surface area contributed by atoms with E-state index in [1.54, 1.807) is 0 Å². The lowest BCUT2D eigenvalue weighted by atomic mass is 10.1. The van der Waals surface area contributed by atoms with E-state index in [-0.39, 0.29) is 5.75 Å². The fourth-order valence-corrected chi connectivity index (χ4v) is 0.830. The highest BCUT2D eigenvalue weighted by Crippen LogP contribution is 2.23. The van der Waals surface area contributed by atoms with Crippen LogP contribution >= 0.6 is 0 Å². The topological polar surface area (TPSA) is 69.9 Å². The van der Waals surface area contributed by atoms with Gasteiger partial charge in [0.25, 0.3) is 0 Å². The summed E-state index contributed by atoms with van der Waals surface area (Å²) in [5, 5.41) is 20.8. The maximum atomic E-state index is 10.1. The Kier molecular flexibility index (Phi) is 2.10. The zero-order chi connectivity index (χ0) is 9.19. The third-order valence-electron chi connectivity index (χ3n) is 1.59. The van der Waals surface area contributed by atoms with Crippen molar-refractivity contribution >= 4 is 0 Å². The van der Waals surface area contributed by atoms with Crippen LogP contribution in [0.4, 0.5) is 0 Å². The summed E-state index contributed by atoms with van der Waals surface area (Å²) >= 11 is 0. The van der Waals surface area contributed by atoms with Crippen molar-refractivity contribution in [2.24, 2.45) is 5.18 Å². The van der Waals surface area contributed by atoms with Gasteiger partial charge in [0, 0.05) is 5.56 Å². The van der Waals surface area contributed by atoms with Gasteiger partial charge in [-0.3, -0.25) is 0 Å². The first-order valence-corrected chi connectivity index (χ1v) is 3.42. The minimum Gasteiger partial charge on any atom is -0.508 e. The quantitative estimate of drug-likeness (QED) is 0.652. The van der Waals surface area contributed by atoms with Crippen LogP contribution < -0.4 is 0 Å². The van der Waals surface area contributed by atoms with Crippen molar-refractivity contribution in [1.82, 2.24) is 0 Å². The van der Waals surface area contributed by atoms with E-state index < -0.39 is 5.72 Å². The number of hydrogen-bond donors (Lipinski definition) is 2.